The van der Waals surface area contributed by atoms with Gasteiger partial charge in [0.2, 0.25) is 0 Å². The molecule has 0 bridgehead atoms. The van der Waals surface area contributed by atoms with Crippen molar-refractivity contribution in [3.05, 3.63) is 29.3 Å². The van der Waals surface area contributed by atoms with Crippen LogP contribution in [0.25, 0.3) is 22.2 Å². The van der Waals surface area contributed by atoms with Gasteiger partial charge >= 0.3 is 0 Å². The second-order valence-corrected chi connectivity index (χ2v) is 5.95. The zero-order valence-corrected chi connectivity index (χ0v) is 12.4. The molecule has 20 heavy (non-hydrogen) atoms. The van der Waals surface area contributed by atoms with Crippen molar-refractivity contribution in [1.29, 1.82) is 0 Å². The van der Waals surface area contributed by atoms with E-state index in [4.69, 9.17) is 10.5 Å². The lowest BCUT2D eigenvalue weighted by Crippen LogP contribution is -1.94. The van der Waals surface area contributed by atoms with Crippen LogP contribution in [0.2, 0.25) is 0 Å². The smallest absolute Gasteiger partial charge is 0.180 e. The van der Waals surface area contributed by atoms with E-state index in [1.165, 1.54) is 11.3 Å². The van der Waals surface area contributed by atoms with Crippen LogP contribution in [0.15, 0.2) is 24.4 Å². The van der Waals surface area contributed by atoms with Gasteiger partial charge in [0, 0.05) is 27.5 Å². The average molecular weight is 287 g/mol. The van der Waals surface area contributed by atoms with Gasteiger partial charge in [0.05, 0.1) is 12.3 Å². The molecule has 0 amide bonds. The summed E-state index contributed by atoms with van der Waals surface area (Å²) < 4.78 is 5.70. The van der Waals surface area contributed by atoms with Gasteiger partial charge in [-0.1, -0.05) is 6.92 Å². The fourth-order valence-electron chi connectivity index (χ4n) is 2.27. The Morgan fingerprint density at radius 1 is 1.40 bits per heavy atom. The van der Waals surface area contributed by atoms with Crippen LogP contribution in [-0.4, -0.2) is 16.6 Å². The first-order chi connectivity index (χ1) is 9.69. The van der Waals surface area contributed by atoms with Gasteiger partial charge in [0.1, 0.15) is 5.75 Å². The van der Waals surface area contributed by atoms with Crippen molar-refractivity contribution in [2.75, 3.05) is 12.3 Å². The zero-order chi connectivity index (χ0) is 14.1. The molecule has 4 nitrogen and oxygen atoms in total. The Kier molecular flexibility index (Phi) is 3.36. The zero-order valence-electron chi connectivity index (χ0n) is 11.6. The summed E-state index contributed by atoms with van der Waals surface area (Å²) in [4.78, 5) is 8.83. The van der Waals surface area contributed by atoms with Crippen LogP contribution < -0.4 is 10.5 Å². The third-order valence-electron chi connectivity index (χ3n) is 3.19. The van der Waals surface area contributed by atoms with E-state index < -0.39 is 0 Å². The summed E-state index contributed by atoms with van der Waals surface area (Å²) in [5.74, 6) is 0.890. The minimum absolute atomic E-state index is 0.602. The van der Waals surface area contributed by atoms with Crippen molar-refractivity contribution in [2.24, 2.45) is 0 Å². The molecule has 0 saturated carbocycles. The van der Waals surface area contributed by atoms with Crippen LogP contribution >= 0.6 is 11.3 Å². The van der Waals surface area contributed by atoms with E-state index in [1.54, 1.807) is 0 Å². The Bertz CT molecular complexity index is 745. The third-order valence-corrected chi connectivity index (χ3v) is 3.99. The highest BCUT2D eigenvalue weighted by molar-refractivity contribution is 7.15. The highest BCUT2D eigenvalue weighted by Crippen LogP contribution is 2.35. The van der Waals surface area contributed by atoms with Crippen LogP contribution in [0.1, 0.15) is 18.2 Å². The molecular weight excluding hydrogens is 270 g/mol. The van der Waals surface area contributed by atoms with Crippen LogP contribution in [0.5, 0.6) is 5.75 Å². The predicted molar refractivity (Wildman–Crippen MR) is 84.3 cm³/mol. The number of ether oxygens (including phenoxy) is 1. The maximum Gasteiger partial charge on any atom is 0.180 e. The van der Waals surface area contributed by atoms with Gasteiger partial charge in [-0.15, -0.1) is 11.3 Å². The Morgan fingerprint density at radius 3 is 2.95 bits per heavy atom. The van der Waals surface area contributed by atoms with Crippen molar-refractivity contribution in [1.82, 2.24) is 9.97 Å². The Labute approximate surface area is 121 Å². The number of benzene rings is 1. The van der Waals surface area contributed by atoms with Crippen LogP contribution in [-0.2, 0) is 0 Å². The fraction of sp³-hybridized carbons (Fsp3) is 0.267. The van der Waals surface area contributed by atoms with E-state index in [2.05, 4.69) is 23.0 Å². The number of aryl methyl sites for hydroxylation is 1. The topological polar surface area (TPSA) is 63.9 Å². The van der Waals surface area contributed by atoms with E-state index in [9.17, 15) is 0 Å². The number of H-pyrrole nitrogens is 1. The number of fused-ring (bicyclic) bond motifs is 1. The minimum Gasteiger partial charge on any atom is -0.494 e. The maximum absolute atomic E-state index is 5.80. The fourth-order valence-corrected chi connectivity index (χ4v) is 2.98. The predicted octanol–water partition coefficient (Wildman–Crippen LogP) is 3.97. The molecule has 0 spiro atoms. The highest BCUT2D eigenvalue weighted by Gasteiger charge is 2.13. The summed E-state index contributed by atoms with van der Waals surface area (Å²) in [6.07, 6.45) is 2.98. The molecule has 0 aliphatic heterocycles. The molecule has 2 aromatic heterocycles. The first-order valence-electron chi connectivity index (χ1n) is 6.66. The van der Waals surface area contributed by atoms with Crippen LogP contribution in [0.3, 0.4) is 0 Å². The first kappa shape index (κ1) is 13.0. The molecular formula is C15H17N3OS. The lowest BCUT2D eigenvalue weighted by atomic mass is 10.1. The van der Waals surface area contributed by atoms with Crippen molar-refractivity contribution >= 4 is 27.4 Å². The molecule has 104 valence electrons. The maximum atomic E-state index is 5.80. The largest absolute Gasteiger partial charge is 0.494 e. The molecule has 5 heteroatoms. The molecule has 1 aromatic carbocycles. The molecule has 0 atom stereocenters. The van der Waals surface area contributed by atoms with Crippen molar-refractivity contribution in [3.8, 4) is 17.0 Å². The molecule has 2 heterocycles. The van der Waals surface area contributed by atoms with Gasteiger partial charge in [-0.3, -0.25) is 0 Å². The quantitative estimate of drug-likeness (QED) is 0.763. The van der Waals surface area contributed by atoms with Crippen molar-refractivity contribution in [2.45, 2.75) is 20.3 Å². The second kappa shape index (κ2) is 5.17. The number of anilines is 1. The lowest BCUT2D eigenvalue weighted by Gasteiger charge is -2.05. The highest BCUT2D eigenvalue weighted by atomic mass is 32.1. The van der Waals surface area contributed by atoms with E-state index in [0.717, 1.165) is 45.8 Å². The minimum atomic E-state index is 0.602. The van der Waals surface area contributed by atoms with Gasteiger partial charge in [-0.2, -0.15) is 0 Å². The second-order valence-electron chi connectivity index (χ2n) is 4.72. The molecule has 0 aliphatic carbocycles. The monoisotopic (exact) mass is 287 g/mol. The number of nitrogens with one attached hydrogen (secondary N) is 1. The van der Waals surface area contributed by atoms with Crippen LogP contribution in [0, 0.1) is 6.92 Å². The summed E-state index contributed by atoms with van der Waals surface area (Å²) in [5.41, 5.74) is 8.90. The third kappa shape index (κ3) is 2.25. The summed E-state index contributed by atoms with van der Waals surface area (Å²) in [5, 5.41) is 1.72. The summed E-state index contributed by atoms with van der Waals surface area (Å²) in [6, 6.07) is 6.08. The number of nitrogens with zero attached hydrogens (tertiary/aromatic N) is 1. The number of nitrogens with two attached hydrogens (primary N) is 1. The van der Waals surface area contributed by atoms with E-state index >= 15 is 0 Å². The molecule has 0 radical (unpaired) electrons. The Hall–Kier alpha value is -2.01. The summed E-state index contributed by atoms with van der Waals surface area (Å²) in [7, 11) is 0. The molecule has 0 saturated heterocycles. The van der Waals surface area contributed by atoms with Crippen molar-refractivity contribution < 1.29 is 4.74 Å². The standard InChI is InChI=1S/C15H17N3OS/c1-3-6-19-10-4-5-13-11(7-10)12(8-17-13)14-9(2)20-15(16)18-14/h4-5,7-8,17H,3,6H2,1-2H3,(H2,16,18). The van der Waals surface area contributed by atoms with Gasteiger partial charge in [-0.05, 0) is 31.5 Å². The number of rotatable bonds is 4. The molecule has 3 rings (SSSR count). The number of aromatic nitrogens is 2. The molecule has 3 aromatic rings. The Balaban J connectivity index is 2.09. The molecule has 3 N–H and O–H groups in total. The molecule has 0 unspecified atom stereocenters. The van der Waals surface area contributed by atoms with E-state index in [1.807, 2.05) is 25.3 Å². The van der Waals surface area contributed by atoms with Gasteiger partial charge in [0.25, 0.3) is 0 Å². The lowest BCUT2D eigenvalue weighted by molar-refractivity contribution is 0.318. The molecule has 0 fully saturated rings. The van der Waals surface area contributed by atoms with Crippen LogP contribution in [0.4, 0.5) is 5.13 Å². The summed E-state index contributed by atoms with van der Waals surface area (Å²) >= 11 is 1.52. The summed E-state index contributed by atoms with van der Waals surface area (Å²) in [6.45, 7) is 4.87. The average Bonchev–Trinajstić information content (AvgIpc) is 2.98. The first-order valence-corrected chi connectivity index (χ1v) is 7.48. The van der Waals surface area contributed by atoms with Gasteiger partial charge in [0.15, 0.2) is 5.13 Å². The number of thiazole rings is 1. The normalized spacial score (nSPS) is 11.1. The van der Waals surface area contributed by atoms with Crippen molar-refractivity contribution in [3.63, 3.8) is 0 Å². The number of hydrogen-bond acceptors (Lipinski definition) is 4. The van der Waals surface area contributed by atoms with E-state index in [-0.39, 0.29) is 0 Å². The molecule has 0 aliphatic rings. The Morgan fingerprint density at radius 2 is 2.25 bits per heavy atom. The number of nitrogen functional groups attached to an aromatic ring is 1. The number of aromatic amines is 1. The van der Waals surface area contributed by atoms with E-state index in [0.29, 0.717) is 5.13 Å². The van der Waals surface area contributed by atoms with Gasteiger partial charge < -0.3 is 15.5 Å². The van der Waals surface area contributed by atoms with Gasteiger partial charge in [-0.25, -0.2) is 4.98 Å². The SMILES string of the molecule is CCCOc1ccc2[nH]cc(-c3nc(N)sc3C)c2c1. The number of hydrogen-bond donors (Lipinski definition) is 2.